The highest BCUT2D eigenvalue weighted by Crippen LogP contribution is 2.45. The van der Waals surface area contributed by atoms with E-state index in [1.165, 1.54) is 12.1 Å². The van der Waals surface area contributed by atoms with E-state index in [-0.39, 0.29) is 11.7 Å². The van der Waals surface area contributed by atoms with Crippen LogP contribution in [0, 0.1) is 5.82 Å². The molecule has 3 rings (SSSR count). The molecule has 1 N–H and O–H groups in total. The highest BCUT2D eigenvalue weighted by Gasteiger charge is 2.68. The number of rotatable bonds is 2. The first kappa shape index (κ1) is 17.7. The van der Waals surface area contributed by atoms with Crippen LogP contribution in [0.25, 0.3) is 0 Å². The van der Waals surface area contributed by atoms with Gasteiger partial charge in [-0.25, -0.2) is 9.38 Å². The lowest BCUT2D eigenvalue weighted by molar-refractivity contribution is -0.196. The summed E-state index contributed by atoms with van der Waals surface area (Å²) in [6, 6.07) is 4.56. The van der Waals surface area contributed by atoms with E-state index in [2.05, 4.69) is 4.99 Å². The lowest BCUT2D eigenvalue weighted by Gasteiger charge is -2.29. The third kappa shape index (κ3) is 2.78. The number of nitrogens with zero attached hydrogens (tertiary/aromatic N) is 2. The summed E-state index contributed by atoms with van der Waals surface area (Å²) in [6.45, 7) is 3.56. The van der Waals surface area contributed by atoms with Crippen molar-refractivity contribution in [3.63, 3.8) is 0 Å². The van der Waals surface area contributed by atoms with E-state index in [1.54, 1.807) is 19.2 Å². The second kappa shape index (κ2) is 5.45. The molecule has 0 saturated carbocycles. The number of hydrogen-bond donors (Lipinski definition) is 1. The second-order valence-corrected chi connectivity index (χ2v) is 7.96. The molecule has 2 amide bonds. The number of fused-ring (bicyclic) bond motifs is 1. The SMILES string of the molecule is CC1(C)CN2C(=O)[C@@](NC(=O)c3ccccc3F)(C(F)(F)F)N=C2S1. The van der Waals surface area contributed by atoms with Crippen molar-refractivity contribution in [2.75, 3.05) is 6.54 Å². The number of carbonyl (C=O) groups excluding carboxylic acids is 2. The van der Waals surface area contributed by atoms with Gasteiger partial charge in [-0.05, 0) is 26.0 Å². The van der Waals surface area contributed by atoms with Crippen molar-refractivity contribution in [2.24, 2.45) is 4.99 Å². The Balaban J connectivity index is 2.00. The van der Waals surface area contributed by atoms with Crippen LogP contribution >= 0.6 is 11.8 Å². The maximum atomic E-state index is 13.7. The Morgan fingerprint density at radius 1 is 1.32 bits per heavy atom. The molecule has 0 unspecified atom stereocenters. The van der Waals surface area contributed by atoms with Crippen molar-refractivity contribution in [1.29, 1.82) is 0 Å². The fraction of sp³-hybridized carbons (Fsp3) is 0.400. The zero-order valence-corrected chi connectivity index (χ0v) is 14.0. The number of amides is 2. The van der Waals surface area contributed by atoms with E-state index in [9.17, 15) is 27.2 Å². The van der Waals surface area contributed by atoms with Crippen LogP contribution in [0.2, 0.25) is 0 Å². The summed E-state index contributed by atoms with van der Waals surface area (Å²) >= 11 is 1.02. The minimum atomic E-state index is -5.17. The Kier molecular flexibility index (Phi) is 3.86. The number of aliphatic imine (C=N–C) groups is 1. The average molecular weight is 375 g/mol. The van der Waals surface area contributed by atoms with Crippen LogP contribution in [0.1, 0.15) is 24.2 Å². The number of amidine groups is 1. The monoisotopic (exact) mass is 375 g/mol. The van der Waals surface area contributed by atoms with E-state index in [0.717, 1.165) is 28.8 Å². The number of hydrogen-bond acceptors (Lipinski definition) is 4. The van der Waals surface area contributed by atoms with E-state index in [1.807, 2.05) is 0 Å². The van der Waals surface area contributed by atoms with Gasteiger partial charge in [-0.3, -0.25) is 14.5 Å². The fourth-order valence-corrected chi connectivity index (χ4v) is 3.75. The van der Waals surface area contributed by atoms with Crippen molar-refractivity contribution >= 4 is 28.7 Å². The van der Waals surface area contributed by atoms with Crippen LogP contribution in [0.5, 0.6) is 0 Å². The smallest absolute Gasteiger partial charge is 0.312 e. The molecule has 0 aromatic heterocycles. The van der Waals surface area contributed by atoms with Crippen molar-refractivity contribution in [1.82, 2.24) is 10.2 Å². The molecule has 0 bridgehead atoms. The minimum Gasteiger partial charge on any atom is -0.312 e. The van der Waals surface area contributed by atoms with Crippen LogP contribution in [-0.2, 0) is 4.79 Å². The number of benzene rings is 1. The van der Waals surface area contributed by atoms with Crippen LogP contribution in [0.3, 0.4) is 0 Å². The number of alkyl halides is 3. The summed E-state index contributed by atoms with van der Waals surface area (Å²) < 4.78 is 54.2. The molecule has 0 spiro atoms. The average Bonchev–Trinajstić information content (AvgIpc) is 2.91. The first-order valence-electron chi connectivity index (χ1n) is 7.21. The maximum absolute atomic E-state index is 13.7. The van der Waals surface area contributed by atoms with Crippen molar-refractivity contribution < 1.29 is 27.2 Å². The molecule has 1 saturated heterocycles. The van der Waals surface area contributed by atoms with Crippen molar-refractivity contribution in [3.8, 4) is 0 Å². The minimum absolute atomic E-state index is 0.0305. The van der Waals surface area contributed by atoms with E-state index < -0.39 is 39.8 Å². The molecule has 2 aliphatic heterocycles. The van der Waals surface area contributed by atoms with Crippen molar-refractivity contribution in [3.05, 3.63) is 35.6 Å². The zero-order valence-electron chi connectivity index (χ0n) is 13.1. The molecule has 1 atom stereocenters. The van der Waals surface area contributed by atoms with Gasteiger partial charge in [-0.2, -0.15) is 13.2 Å². The second-order valence-electron chi connectivity index (χ2n) is 6.29. The van der Waals surface area contributed by atoms with Gasteiger partial charge in [0, 0.05) is 11.3 Å². The first-order valence-corrected chi connectivity index (χ1v) is 8.03. The van der Waals surface area contributed by atoms with E-state index in [4.69, 9.17) is 0 Å². The molecule has 10 heteroatoms. The Morgan fingerprint density at radius 2 is 1.96 bits per heavy atom. The number of halogens is 4. The molecule has 0 radical (unpaired) electrons. The lowest BCUT2D eigenvalue weighted by atomic mass is 10.1. The van der Waals surface area contributed by atoms with Gasteiger partial charge in [-0.15, -0.1) is 0 Å². The van der Waals surface area contributed by atoms with Gasteiger partial charge < -0.3 is 5.32 Å². The summed E-state index contributed by atoms with van der Waals surface area (Å²) in [5.74, 6) is -3.75. The predicted octanol–water partition coefficient (Wildman–Crippen LogP) is 2.54. The summed E-state index contributed by atoms with van der Waals surface area (Å²) in [6.07, 6.45) is -5.17. The molecule has 1 aromatic carbocycles. The Hall–Kier alpha value is -2.10. The molecule has 25 heavy (non-hydrogen) atoms. The maximum Gasteiger partial charge on any atom is 0.442 e. The number of carbonyl (C=O) groups is 2. The lowest BCUT2D eigenvalue weighted by Crippen LogP contribution is -2.63. The summed E-state index contributed by atoms with van der Waals surface area (Å²) in [5, 5.41) is 1.49. The summed E-state index contributed by atoms with van der Waals surface area (Å²) in [4.78, 5) is 29.0. The molecule has 2 aliphatic rings. The van der Waals surface area contributed by atoms with Crippen LogP contribution in [0.4, 0.5) is 17.6 Å². The van der Waals surface area contributed by atoms with Crippen LogP contribution < -0.4 is 5.32 Å². The Morgan fingerprint density at radius 3 is 2.52 bits per heavy atom. The van der Waals surface area contributed by atoms with Gasteiger partial charge in [0.25, 0.3) is 11.8 Å². The quantitative estimate of drug-likeness (QED) is 0.808. The molecule has 1 aromatic rings. The normalized spacial score (nSPS) is 25.0. The van der Waals surface area contributed by atoms with Gasteiger partial charge in [0.15, 0.2) is 5.17 Å². The van der Waals surface area contributed by atoms with E-state index >= 15 is 0 Å². The molecule has 0 aliphatic carbocycles. The van der Waals surface area contributed by atoms with Gasteiger partial charge in [0.1, 0.15) is 5.82 Å². The molecule has 134 valence electrons. The summed E-state index contributed by atoms with van der Waals surface area (Å²) in [7, 11) is 0. The largest absolute Gasteiger partial charge is 0.442 e. The van der Waals surface area contributed by atoms with Crippen molar-refractivity contribution in [2.45, 2.75) is 30.4 Å². The third-order valence-corrected chi connectivity index (χ3v) is 4.95. The third-order valence-electron chi connectivity index (χ3n) is 3.78. The molecule has 5 nitrogen and oxygen atoms in total. The van der Waals surface area contributed by atoms with E-state index in [0.29, 0.717) is 0 Å². The first-order chi connectivity index (χ1) is 11.5. The van der Waals surface area contributed by atoms with Gasteiger partial charge in [-0.1, -0.05) is 23.9 Å². The Labute approximate surface area is 144 Å². The molecular weight excluding hydrogens is 362 g/mol. The van der Waals surface area contributed by atoms with Crippen LogP contribution in [-0.4, -0.2) is 45.0 Å². The van der Waals surface area contributed by atoms with Gasteiger partial charge in [0.05, 0.1) is 5.56 Å². The fourth-order valence-electron chi connectivity index (χ4n) is 2.63. The highest BCUT2D eigenvalue weighted by molar-refractivity contribution is 8.15. The topological polar surface area (TPSA) is 61.8 Å². The molecular formula is C15H13F4N3O2S. The number of thioether (sulfide) groups is 1. The summed E-state index contributed by atoms with van der Waals surface area (Å²) in [5.41, 5.74) is -4.04. The predicted molar refractivity (Wildman–Crippen MR) is 83.5 cm³/mol. The van der Waals surface area contributed by atoms with Gasteiger partial charge in [0.2, 0.25) is 0 Å². The van der Waals surface area contributed by atoms with Crippen LogP contribution in [0.15, 0.2) is 29.3 Å². The number of nitrogens with one attached hydrogen (secondary N) is 1. The standard InChI is InChI=1S/C15H13F4N3O2S/c1-13(2)7-22-11(24)14(15(17,18)19,21-12(22)25-13)20-10(23)8-5-3-4-6-9(8)16/h3-6H,7H2,1-2H3,(H,20,23)/t14-/m0/s1. The van der Waals surface area contributed by atoms with Gasteiger partial charge >= 0.3 is 11.8 Å². The Bertz CT molecular complexity index is 793. The molecule has 1 fully saturated rings. The molecule has 2 heterocycles. The zero-order chi connectivity index (χ0) is 18.6. The highest BCUT2D eigenvalue weighted by atomic mass is 32.2.